The number of methoxy groups -OCH3 is 1. The van der Waals surface area contributed by atoms with E-state index in [9.17, 15) is 67.4 Å². The molecule has 4 fully saturated rings. The zero-order valence-electron chi connectivity index (χ0n) is 60.6. The smallest absolute Gasteiger partial charge is 0.407 e. The summed E-state index contributed by atoms with van der Waals surface area (Å²) in [6.45, 7) is 7.97. The summed E-state index contributed by atoms with van der Waals surface area (Å²) >= 11 is 0. The minimum absolute atomic E-state index is 0.00265. The Kier molecular flexibility index (Phi) is 30.7. The maximum absolute atomic E-state index is 14.9. The SMILES string of the molecule is COC(=O)[C@@]1(OC[C@H]2O[C@@H](O[C@H]3[C@H](OC(C)=O)[C@@H](OC(C)=O)[C@H](OCCNC(=O)OCc4ccccc4)O[C@@H]3COC(C)=O)[C@H](OC(C)=O)[C@@H](OC(C)=O)[C@H]2O)C[C@H](OC(C)=O)[C@@H](NC(=O)Cn2cc(C3CCCCC3)nn2)[C@H]([C@H](OC(C)=O)[C@@H](CNC(=O)c2cc(C)c(OC(C)=O)c(C)c2)OC(C)=O)O1. The summed E-state index contributed by atoms with van der Waals surface area (Å²) in [5.41, 5.74) is 2.04. The van der Waals surface area contributed by atoms with Crippen molar-refractivity contribution >= 4 is 77.6 Å². The third-order valence-corrected chi connectivity index (χ3v) is 16.8. The molecule has 4 heterocycles. The molecule has 0 unspecified atom stereocenters. The minimum atomic E-state index is -3.04. The Labute approximate surface area is 608 Å². The monoisotopic (exact) mass is 1500 g/mol. The Bertz CT molecular complexity index is 3600. The van der Waals surface area contributed by atoms with Crippen molar-refractivity contribution in [2.45, 2.75) is 231 Å². The van der Waals surface area contributed by atoms with Gasteiger partial charge in [0, 0.05) is 86.5 Å². The summed E-state index contributed by atoms with van der Waals surface area (Å²) in [7, 11) is 0.872. The van der Waals surface area contributed by atoms with E-state index in [4.69, 9.17) is 80.5 Å². The van der Waals surface area contributed by atoms with E-state index in [0.29, 0.717) is 22.4 Å². The molecule has 0 bridgehead atoms. The van der Waals surface area contributed by atoms with Gasteiger partial charge in [-0.25, -0.2) is 14.3 Å². The number of aromatic nitrogens is 3. The first-order valence-electron chi connectivity index (χ1n) is 34.0. The third kappa shape index (κ3) is 23.9. The van der Waals surface area contributed by atoms with Crippen molar-refractivity contribution < 1.29 is 148 Å². The number of carbonyl (C=O) groups excluding carboxylic acids is 13. The molecule has 0 spiro atoms. The maximum atomic E-state index is 14.9. The quantitative estimate of drug-likeness (QED) is 0.0308. The predicted octanol–water partition coefficient (Wildman–Crippen LogP) is 1.68. The first-order chi connectivity index (χ1) is 50.2. The van der Waals surface area contributed by atoms with E-state index in [0.717, 1.165) is 94.6 Å². The van der Waals surface area contributed by atoms with E-state index in [1.807, 2.05) is 0 Å². The van der Waals surface area contributed by atoms with Crippen LogP contribution in [-0.4, -0.2) is 235 Å². The fourth-order valence-corrected chi connectivity index (χ4v) is 12.6. The molecule has 106 heavy (non-hydrogen) atoms. The lowest BCUT2D eigenvalue weighted by Gasteiger charge is -2.50. The summed E-state index contributed by atoms with van der Waals surface area (Å²) in [4.78, 5) is 174. The van der Waals surface area contributed by atoms with E-state index in [2.05, 4.69) is 26.3 Å². The first-order valence-corrected chi connectivity index (χ1v) is 34.0. The van der Waals surface area contributed by atoms with Crippen molar-refractivity contribution in [1.29, 1.82) is 0 Å². The number of aryl methyl sites for hydroxylation is 2. The van der Waals surface area contributed by atoms with Crippen molar-refractivity contribution in [3.05, 3.63) is 76.6 Å². The topological polar surface area (TPSA) is 466 Å². The number of aliphatic hydroxyl groups is 1. The minimum Gasteiger partial charge on any atom is -0.465 e. The molecule has 37 heteroatoms. The lowest BCUT2D eigenvalue weighted by molar-refractivity contribution is -0.368. The number of nitrogens with zero attached hydrogens (tertiary/aromatic N) is 3. The number of rotatable bonds is 31. The van der Waals surface area contributed by atoms with Gasteiger partial charge in [0.15, 0.2) is 49.2 Å². The predicted molar refractivity (Wildman–Crippen MR) is 352 cm³/mol. The average molecular weight is 1500 g/mol. The second-order valence-corrected chi connectivity index (χ2v) is 25.4. The Morgan fingerprint density at radius 1 is 0.660 bits per heavy atom. The van der Waals surface area contributed by atoms with E-state index >= 15 is 0 Å². The van der Waals surface area contributed by atoms with Crippen LogP contribution in [0.5, 0.6) is 5.75 Å². The van der Waals surface area contributed by atoms with Crippen LogP contribution in [0.3, 0.4) is 0 Å². The highest BCUT2D eigenvalue weighted by atomic mass is 16.8. The number of benzene rings is 2. The molecular formula is C69H90N6O31. The summed E-state index contributed by atoms with van der Waals surface area (Å²) in [6.07, 6.45) is -23.3. The molecule has 1 aliphatic carbocycles. The number of nitrogens with one attached hydrogen (secondary N) is 3. The van der Waals surface area contributed by atoms with Gasteiger partial charge in [0.2, 0.25) is 5.91 Å². The molecule has 3 amide bonds. The van der Waals surface area contributed by atoms with Crippen LogP contribution >= 0.6 is 0 Å². The number of ether oxygens (including phenoxy) is 17. The second kappa shape index (κ2) is 39.0. The van der Waals surface area contributed by atoms with E-state index in [-0.39, 0.29) is 30.4 Å². The van der Waals surface area contributed by atoms with Crippen LogP contribution in [0.1, 0.15) is 139 Å². The molecule has 3 saturated heterocycles. The average Bonchev–Trinajstić information content (AvgIpc) is 0.764. The standard InChI is InChI=1S/C69H90N6O31/c1-34-25-47(26-35(2)56(34)97-39(6)79)64(87)71-28-50(96-38(5)78)57(98-40(7)80)59-54(72-53(85)30-75-29-48(73-74-75)46-21-17-14-18-22-46)49(95-37(4)77)27-69(106-59,67(88)90-12)94-33-51-55(86)60(99-41(8)81)62(101-43(10)83)66(103-51)105-58-52(32-92-36(3)76)104-65(63(102-44(11)84)61(58)100-42(9)82)91-24-23-70-68(89)93-31-45-19-15-13-16-20-45/h13,15-16,19-20,25-26,29,46,49-52,54-55,57-63,65-66,86H,14,17-18,21-24,27-28,30-33H2,1-12H3,(H,70,89)(H,71,87)(H,72,85)/t49-,50+,51+,52+,54+,55-,57+,58+,59+,60-,61-,62+,63+,65+,66-,69+/m0/s1. The number of hydrogen-bond donors (Lipinski definition) is 4. The molecular weight excluding hydrogens is 1410 g/mol. The summed E-state index contributed by atoms with van der Waals surface area (Å²) in [6, 6.07) is 9.73. The summed E-state index contributed by atoms with van der Waals surface area (Å²) in [5.74, 6) is -15.0. The zero-order chi connectivity index (χ0) is 77.7. The van der Waals surface area contributed by atoms with Crippen LogP contribution in [0, 0.1) is 13.8 Å². The van der Waals surface area contributed by atoms with Crippen LogP contribution in [0.2, 0.25) is 0 Å². The fourth-order valence-electron chi connectivity index (χ4n) is 12.6. The molecule has 4 aliphatic rings. The molecule has 582 valence electrons. The van der Waals surface area contributed by atoms with Crippen LogP contribution in [0.25, 0.3) is 0 Å². The van der Waals surface area contributed by atoms with Gasteiger partial charge in [-0.3, -0.25) is 52.7 Å². The Hall–Kier alpha value is -9.79. The number of hydrogen-bond acceptors (Lipinski definition) is 33. The van der Waals surface area contributed by atoms with Gasteiger partial charge in [-0.1, -0.05) is 54.8 Å². The molecule has 1 aromatic heterocycles. The van der Waals surface area contributed by atoms with Crippen LogP contribution < -0.4 is 20.7 Å². The first kappa shape index (κ1) is 83.5. The molecule has 16 atom stereocenters. The largest absolute Gasteiger partial charge is 0.465 e. The number of alkyl carbamates (subject to hydrolysis) is 1. The lowest BCUT2D eigenvalue weighted by atomic mass is 9.87. The van der Waals surface area contributed by atoms with E-state index < -0.39 is 215 Å². The fraction of sp³-hybridized carbons (Fsp3) is 0.609. The maximum Gasteiger partial charge on any atom is 0.407 e. The second-order valence-electron chi connectivity index (χ2n) is 25.4. The molecule has 0 radical (unpaired) electrons. The zero-order valence-corrected chi connectivity index (χ0v) is 60.6. The van der Waals surface area contributed by atoms with Crippen molar-refractivity contribution in [1.82, 2.24) is 30.9 Å². The van der Waals surface area contributed by atoms with Crippen molar-refractivity contribution in [2.24, 2.45) is 0 Å². The molecule has 1 saturated carbocycles. The van der Waals surface area contributed by atoms with Crippen LogP contribution in [0.4, 0.5) is 4.79 Å². The van der Waals surface area contributed by atoms with Crippen molar-refractivity contribution in [2.75, 3.05) is 40.0 Å². The van der Waals surface area contributed by atoms with Gasteiger partial charge >= 0.3 is 65.8 Å². The molecule has 4 N–H and O–H groups in total. The number of esters is 10. The van der Waals surface area contributed by atoms with Gasteiger partial charge in [0.1, 0.15) is 62.1 Å². The van der Waals surface area contributed by atoms with Gasteiger partial charge in [0.05, 0.1) is 45.0 Å². The van der Waals surface area contributed by atoms with Crippen LogP contribution in [0.15, 0.2) is 48.7 Å². The van der Waals surface area contributed by atoms with Gasteiger partial charge in [-0.15, -0.1) is 5.10 Å². The molecule has 37 nitrogen and oxygen atoms in total. The van der Waals surface area contributed by atoms with Crippen molar-refractivity contribution in [3.8, 4) is 5.75 Å². The molecule has 2 aromatic carbocycles. The summed E-state index contributed by atoms with van der Waals surface area (Å²) < 4.78 is 101. The highest BCUT2D eigenvalue weighted by molar-refractivity contribution is 5.95. The lowest BCUT2D eigenvalue weighted by Crippen LogP contribution is -2.70. The van der Waals surface area contributed by atoms with Gasteiger partial charge in [0.25, 0.3) is 11.7 Å². The Morgan fingerprint density at radius 2 is 1.26 bits per heavy atom. The Balaban J connectivity index is 1.29. The van der Waals surface area contributed by atoms with Gasteiger partial charge < -0.3 is 102 Å². The molecule has 7 rings (SSSR count). The normalized spacial score (nSPS) is 25.6. The van der Waals surface area contributed by atoms with Gasteiger partial charge in [-0.05, 0) is 55.5 Å². The molecule has 3 aliphatic heterocycles. The molecule has 3 aromatic rings. The third-order valence-electron chi connectivity index (χ3n) is 16.8. The number of aliphatic hydroxyl groups excluding tert-OH is 1. The van der Waals surface area contributed by atoms with E-state index in [1.54, 1.807) is 50.4 Å². The number of carbonyl (C=O) groups is 13. The Morgan fingerprint density at radius 3 is 1.86 bits per heavy atom. The van der Waals surface area contributed by atoms with E-state index in [1.165, 1.54) is 23.7 Å². The highest BCUT2D eigenvalue weighted by Gasteiger charge is 2.62. The van der Waals surface area contributed by atoms with Crippen LogP contribution in [-0.2, 0) is 142 Å². The van der Waals surface area contributed by atoms with Gasteiger partial charge in [-0.2, -0.15) is 0 Å². The highest BCUT2D eigenvalue weighted by Crippen LogP contribution is 2.40. The van der Waals surface area contributed by atoms with Crippen molar-refractivity contribution in [3.63, 3.8) is 0 Å². The summed E-state index contributed by atoms with van der Waals surface area (Å²) in [5, 5.41) is 28.7. The number of amides is 3.